The van der Waals surface area contributed by atoms with Crippen molar-refractivity contribution in [1.29, 1.82) is 0 Å². The van der Waals surface area contributed by atoms with Crippen molar-refractivity contribution in [2.75, 3.05) is 6.54 Å². The van der Waals surface area contributed by atoms with Gasteiger partial charge in [0, 0.05) is 6.42 Å². The summed E-state index contributed by atoms with van der Waals surface area (Å²) in [4.78, 5) is 20.6. The van der Waals surface area contributed by atoms with Gasteiger partial charge in [0.1, 0.15) is 12.0 Å². The maximum absolute atomic E-state index is 10.3. The Hall–Kier alpha value is -1.10. The lowest BCUT2D eigenvalue weighted by atomic mass is 10.1. The lowest BCUT2D eigenvalue weighted by Crippen LogP contribution is -2.90. The highest BCUT2D eigenvalue weighted by atomic mass is 16.4. The summed E-state index contributed by atoms with van der Waals surface area (Å²) >= 11 is 0. The van der Waals surface area contributed by atoms with E-state index in [0.717, 1.165) is 0 Å². The van der Waals surface area contributed by atoms with E-state index in [1.807, 2.05) is 0 Å². The second-order valence-electron chi connectivity index (χ2n) is 2.67. The minimum absolute atomic E-state index is 0.178. The predicted molar refractivity (Wildman–Crippen MR) is 31.3 cm³/mol. The summed E-state index contributed by atoms with van der Waals surface area (Å²) in [5, 5.41) is 20.2. The second kappa shape index (κ2) is 2.87. The third-order valence-electron chi connectivity index (χ3n) is 1.90. The van der Waals surface area contributed by atoms with Crippen LogP contribution in [0.15, 0.2) is 0 Å². The van der Waals surface area contributed by atoms with Crippen molar-refractivity contribution in [3.63, 3.8) is 0 Å². The van der Waals surface area contributed by atoms with Crippen molar-refractivity contribution < 1.29 is 25.1 Å². The molecule has 0 aromatic rings. The molecular formula is C6H9NO4. The molecule has 5 nitrogen and oxygen atoms in total. The molecule has 1 aliphatic rings. The maximum atomic E-state index is 10.3. The molecule has 1 aliphatic heterocycles. The number of hydrogen-bond donors (Lipinski definition) is 2. The number of carbonyl (C=O) groups is 2. The number of carbonyl (C=O) groups excluding carboxylic acids is 1. The molecule has 5 heteroatoms. The largest absolute Gasteiger partial charge is 0.544 e. The summed E-state index contributed by atoms with van der Waals surface area (Å²) in [6, 6.07) is -0.670. The number of carboxylic acid groups (broad SMARTS) is 2. The monoisotopic (exact) mass is 159 g/mol. The minimum atomic E-state index is -1.17. The Bertz CT molecular complexity index is 171. The standard InChI is InChI=1S/C6H9NO4/c8-5(9)3-1-4(6(10)11)7-2-3/h3-4,7H,1-2H2,(H,8,9)(H,10,11)/t3-,4-/m0/s1. The van der Waals surface area contributed by atoms with E-state index < -0.39 is 23.9 Å². The van der Waals surface area contributed by atoms with Crippen LogP contribution in [0.2, 0.25) is 0 Å². The van der Waals surface area contributed by atoms with E-state index in [0.29, 0.717) is 6.54 Å². The number of nitrogens with two attached hydrogens (primary N) is 1. The number of rotatable bonds is 2. The van der Waals surface area contributed by atoms with Gasteiger partial charge >= 0.3 is 5.97 Å². The molecule has 0 aliphatic carbocycles. The van der Waals surface area contributed by atoms with Crippen molar-refractivity contribution in [3.8, 4) is 0 Å². The van der Waals surface area contributed by atoms with Gasteiger partial charge in [-0.1, -0.05) is 0 Å². The van der Waals surface area contributed by atoms with Gasteiger partial charge in [-0.2, -0.15) is 0 Å². The highest BCUT2D eigenvalue weighted by Gasteiger charge is 2.33. The molecule has 0 saturated carbocycles. The fraction of sp³-hybridized carbons (Fsp3) is 0.667. The number of quaternary nitrogens is 1. The van der Waals surface area contributed by atoms with Crippen molar-refractivity contribution in [1.82, 2.24) is 0 Å². The van der Waals surface area contributed by atoms with Gasteiger partial charge in [-0.15, -0.1) is 0 Å². The zero-order valence-corrected chi connectivity index (χ0v) is 5.82. The lowest BCUT2D eigenvalue weighted by molar-refractivity contribution is -0.665. The Labute approximate surface area is 63.0 Å². The third kappa shape index (κ3) is 1.68. The van der Waals surface area contributed by atoms with Crippen LogP contribution >= 0.6 is 0 Å². The number of hydrogen-bond acceptors (Lipinski definition) is 3. The number of aliphatic carboxylic acids is 2. The van der Waals surface area contributed by atoms with Gasteiger partial charge in [0.2, 0.25) is 0 Å². The van der Waals surface area contributed by atoms with Crippen molar-refractivity contribution in [2.24, 2.45) is 5.92 Å². The quantitative estimate of drug-likeness (QED) is 0.443. The molecule has 0 aromatic carbocycles. The Morgan fingerprint density at radius 2 is 2.18 bits per heavy atom. The van der Waals surface area contributed by atoms with Crippen molar-refractivity contribution in [2.45, 2.75) is 12.5 Å². The van der Waals surface area contributed by atoms with Crippen LogP contribution in [0.25, 0.3) is 0 Å². The van der Waals surface area contributed by atoms with Crippen molar-refractivity contribution in [3.05, 3.63) is 0 Å². The zero-order chi connectivity index (χ0) is 8.43. The summed E-state index contributed by atoms with van der Waals surface area (Å²) in [5.41, 5.74) is 0. The zero-order valence-electron chi connectivity index (χ0n) is 5.82. The first kappa shape index (κ1) is 8.00. The average molecular weight is 159 g/mol. The lowest BCUT2D eigenvalue weighted by Gasteiger charge is -2.05. The molecule has 62 valence electrons. The van der Waals surface area contributed by atoms with Crippen molar-refractivity contribution >= 4 is 11.9 Å². The van der Waals surface area contributed by atoms with Crippen LogP contribution in [-0.2, 0) is 9.59 Å². The Morgan fingerprint density at radius 3 is 2.45 bits per heavy atom. The normalized spacial score (nSPS) is 30.2. The van der Waals surface area contributed by atoms with Gasteiger partial charge in [-0.05, 0) is 0 Å². The highest BCUT2D eigenvalue weighted by Crippen LogP contribution is 2.07. The average Bonchev–Trinajstić information content (AvgIpc) is 2.33. The van der Waals surface area contributed by atoms with E-state index in [2.05, 4.69) is 0 Å². The van der Waals surface area contributed by atoms with E-state index in [4.69, 9.17) is 5.11 Å². The first-order valence-corrected chi connectivity index (χ1v) is 3.38. The fourth-order valence-electron chi connectivity index (χ4n) is 1.22. The third-order valence-corrected chi connectivity index (χ3v) is 1.90. The molecule has 0 unspecified atom stereocenters. The Balaban J connectivity index is 2.47. The Morgan fingerprint density at radius 1 is 1.55 bits per heavy atom. The molecule has 0 amide bonds. The molecule has 0 spiro atoms. The molecule has 0 bridgehead atoms. The SMILES string of the molecule is O=C(O)[C@@H]1C[NH2+][C@H](C(=O)[O-])C1. The molecular weight excluding hydrogens is 150 g/mol. The smallest absolute Gasteiger partial charge is 0.312 e. The van der Waals surface area contributed by atoms with E-state index in [9.17, 15) is 14.7 Å². The van der Waals surface area contributed by atoms with Gasteiger partial charge in [-0.25, -0.2) is 0 Å². The van der Waals surface area contributed by atoms with Gasteiger partial charge in [0.05, 0.1) is 12.5 Å². The van der Waals surface area contributed by atoms with E-state index >= 15 is 0 Å². The number of carboxylic acids is 2. The van der Waals surface area contributed by atoms with Gasteiger partial charge in [0.25, 0.3) is 0 Å². The summed E-state index contributed by atoms with van der Waals surface area (Å²) in [7, 11) is 0. The molecule has 1 heterocycles. The summed E-state index contributed by atoms with van der Waals surface area (Å²) in [5.74, 6) is -2.63. The molecule has 0 radical (unpaired) electrons. The fourth-order valence-corrected chi connectivity index (χ4v) is 1.22. The van der Waals surface area contributed by atoms with E-state index in [-0.39, 0.29) is 6.42 Å². The van der Waals surface area contributed by atoms with E-state index in [1.165, 1.54) is 5.32 Å². The molecule has 1 saturated heterocycles. The van der Waals surface area contributed by atoms with Gasteiger partial charge in [-0.3, -0.25) is 4.79 Å². The molecule has 3 N–H and O–H groups in total. The van der Waals surface area contributed by atoms with Crippen LogP contribution in [0, 0.1) is 5.92 Å². The molecule has 1 fully saturated rings. The summed E-state index contributed by atoms with van der Waals surface area (Å²) in [6.45, 7) is 0.341. The second-order valence-corrected chi connectivity index (χ2v) is 2.67. The molecule has 2 atom stereocenters. The van der Waals surface area contributed by atoms with E-state index in [1.54, 1.807) is 0 Å². The van der Waals surface area contributed by atoms with Crippen LogP contribution in [-0.4, -0.2) is 29.6 Å². The maximum Gasteiger partial charge on any atom is 0.312 e. The molecule has 1 rings (SSSR count). The Kier molecular flexibility index (Phi) is 2.09. The first-order valence-electron chi connectivity index (χ1n) is 3.38. The summed E-state index contributed by atoms with van der Waals surface area (Å²) < 4.78 is 0. The first-order chi connectivity index (χ1) is 5.11. The van der Waals surface area contributed by atoms with Crippen LogP contribution in [0.1, 0.15) is 6.42 Å². The topological polar surface area (TPSA) is 94.0 Å². The molecule has 0 aromatic heterocycles. The highest BCUT2D eigenvalue weighted by molar-refractivity contribution is 5.74. The van der Waals surface area contributed by atoms with Crippen LogP contribution in [0.3, 0.4) is 0 Å². The minimum Gasteiger partial charge on any atom is -0.544 e. The molecule has 11 heavy (non-hydrogen) atoms. The van der Waals surface area contributed by atoms with Crippen LogP contribution in [0.4, 0.5) is 0 Å². The summed E-state index contributed by atoms with van der Waals surface area (Å²) in [6.07, 6.45) is 0.178. The van der Waals surface area contributed by atoms with Gasteiger partial charge in [0.15, 0.2) is 0 Å². The van der Waals surface area contributed by atoms with Crippen LogP contribution in [0.5, 0.6) is 0 Å². The van der Waals surface area contributed by atoms with Crippen LogP contribution < -0.4 is 10.4 Å². The predicted octanol–water partition coefficient (Wildman–Crippen LogP) is -3.23. The van der Waals surface area contributed by atoms with Gasteiger partial charge < -0.3 is 20.3 Å².